The highest BCUT2D eigenvalue weighted by atomic mass is 16.5. The lowest BCUT2D eigenvalue weighted by atomic mass is 10.0. The van der Waals surface area contributed by atoms with Crippen LogP contribution in [0.1, 0.15) is 5.56 Å². The van der Waals surface area contributed by atoms with E-state index < -0.39 is 0 Å². The molecule has 21 heavy (non-hydrogen) atoms. The quantitative estimate of drug-likeness (QED) is 0.896. The number of likely N-dealkylation sites (tertiary alicyclic amines) is 1. The minimum absolute atomic E-state index is 0.205. The number of carbonyl (C=O) groups excluding carboxylic acids is 1. The lowest BCUT2D eigenvalue weighted by Gasteiger charge is -2.18. The fourth-order valence-corrected chi connectivity index (χ4v) is 3.34. The van der Waals surface area contributed by atoms with Crippen molar-refractivity contribution in [2.75, 3.05) is 40.4 Å². The van der Waals surface area contributed by atoms with Gasteiger partial charge in [-0.2, -0.15) is 0 Å². The monoisotopic (exact) mass is 290 g/mol. The number of carbonyl (C=O) groups is 1. The molecule has 2 aliphatic rings. The van der Waals surface area contributed by atoms with Crippen molar-refractivity contribution in [3.63, 3.8) is 0 Å². The minimum atomic E-state index is 0.205. The first-order chi connectivity index (χ1) is 10.2. The number of hydrogen-bond acceptors (Lipinski definition) is 4. The number of hydrogen-bond donors (Lipinski definition) is 1. The Hall–Kier alpha value is -1.75. The highest BCUT2D eigenvalue weighted by Crippen LogP contribution is 2.29. The zero-order valence-corrected chi connectivity index (χ0v) is 12.6. The third-order valence-corrected chi connectivity index (χ3v) is 4.55. The highest BCUT2D eigenvalue weighted by Gasteiger charge is 2.37. The second kappa shape index (κ2) is 5.93. The third kappa shape index (κ3) is 2.83. The van der Waals surface area contributed by atoms with E-state index in [1.165, 1.54) is 0 Å². The molecule has 0 aromatic heterocycles. The van der Waals surface area contributed by atoms with Gasteiger partial charge in [0.15, 0.2) is 11.5 Å². The van der Waals surface area contributed by atoms with Gasteiger partial charge >= 0.3 is 0 Å². The normalized spacial score (nSPS) is 24.0. The minimum Gasteiger partial charge on any atom is -0.493 e. The van der Waals surface area contributed by atoms with E-state index in [-0.39, 0.29) is 5.91 Å². The van der Waals surface area contributed by atoms with Gasteiger partial charge in [0.25, 0.3) is 0 Å². The first-order valence-electron chi connectivity index (χ1n) is 7.40. The molecule has 5 heteroatoms. The van der Waals surface area contributed by atoms with Gasteiger partial charge in [-0.15, -0.1) is 0 Å². The molecular formula is C16H22N2O3. The standard InChI is InChI=1S/C16H22N2O3/c1-20-14-4-3-11(5-15(14)21-2)6-16(19)18-9-12-7-17-8-13(12)10-18/h3-5,12-13,17H,6-10H2,1-2H3/t12-,13+. The molecule has 1 N–H and O–H groups in total. The van der Waals surface area contributed by atoms with E-state index in [1.54, 1.807) is 14.2 Å². The molecule has 0 spiro atoms. The predicted octanol–water partition coefficient (Wildman–Crippen LogP) is 0.924. The van der Waals surface area contributed by atoms with E-state index in [9.17, 15) is 4.79 Å². The molecule has 1 amide bonds. The maximum absolute atomic E-state index is 12.4. The van der Waals surface area contributed by atoms with Gasteiger partial charge in [0, 0.05) is 26.2 Å². The molecule has 0 aliphatic carbocycles. The summed E-state index contributed by atoms with van der Waals surface area (Å²) in [5, 5.41) is 3.39. The molecule has 0 unspecified atom stereocenters. The van der Waals surface area contributed by atoms with Crippen LogP contribution in [0, 0.1) is 11.8 Å². The molecule has 0 saturated carbocycles. The Morgan fingerprint density at radius 2 is 1.86 bits per heavy atom. The lowest BCUT2D eigenvalue weighted by Crippen LogP contribution is -2.32. The molecule has 2 aliphatic heterocycles. The molecule has 2 saturated heterocycles. The largest absolute Gasteiger partial charge is 0.493 e. The highest BCUT2D eigenvalue weighted by molar-refractivity contribution is 5.79. The molecule has 1 aromatic carbocycles. The van der Waals surface area contributed by atoms with Crippen molar-refractivity contribution in [1.82, 2.24) is 10.2 Å². The van der Waals surface area contributed by atoms with E-state index in [0.29, 0.717) is 29.8 Å². The van der Waals surface area contributed by atoms with Crippen LogP contribution in [0.5, 0.6) is 11.5 Å². The molecule has 2 heterocycles. The van der Waals surface area contributed by atoms with Crippen LogP contribution in [-0.2, 0) is 11.2 Å². The van der Waals surface area contributed by atoms with Crippen LogP contribution in [-0.4, -0.2) is 51.2 Å². The molecule has 2 fully saturated rings. The number of rotatable bonds is 4. The summed E-state index contributed by atoms with van der Waals surface area (Å²) in [4.78, 5) is 14.4. The Bertz CT molecular complexity index is 520. The first kappa shape index (κ1) is 14.2. The van der Waals surface area contributed by atoms with E-state index in [4.69, 9.17) is 9.47 Å². The SMILES string of the molecule is COc1ccc(CC(=O)N2C[C@H]3CNC[C@H]3C2)cc1OC. The summed E-state index contributed by atoms with van der Waals surface area (Å²) in [6, 6.07) is 5.66. The molecule has 3 rings (SSSR count). The van der Waals surface area contributed by atoms with Gasteiger partial charge < -0.3 is 19.7 Å². The number of ether oxygens (including phenoxy) is 2. The van der Waals surface area contributed by atoms with Crippen molar-refractivity contribution in [1.29, 1.82) is 0 Å². The molecule has 2 atom stereocenters. The molecule has 5 nitrogen and oxygen atoms in total. The summed E-state index contributed by atoms with van der Waals surface area (Å²) in [5.41, 5.74) is 0.966. The molecule has 1 aromatic rings. The Morgan fingerprint density at radius 3 is 2.48 bits per heavy atom. The van der Waals surface area contributed by atoms with Gasteiger partial charge in [-0.1, -0.05) is 6.07 Å². The van der Waals surface area contributed by atoms with Crippen molar-refractivity contribution in [3.05, 3.63) is 23.8 Å². The predicted molar refractivity (Wildman–Crippen MR) is 79.7 cm³/mol. The number of nitrogens with one attached hydrogen (secondary N) is 1. The van der Waals surface area contributed by atoms with Gasteiger partial charge in [0.2, 0.25) is 5.91 Å². The van der Waals surface area contributed by atoms with Crippen LogP contribution < -0.4 is 14.8 Å². The number of amides is 1. The van der Waals surface area contributed by atoms with Crippen molar-refractivity contribution >= 4 is 5.91 Å². The molecule has 114 valence electrons. The van der Waals surface area contributed by atoms with Gasteiger partial charge in [-0.25, -0.2) is 0 Å². The Balaban J connectivity index is 1.65. The van der Waals surface area contributed by atoms with Crippen molar-refractivity contribution in [2.45, 2.75) is 6.42 Å². The summed E-state index contributed by atoms with van der Waals surface area (Å²) >= 11 is 0. The van der Waals surface area contributed by atoms with Crippen LogP contribution in [0.3, 0.4) is 0 Å². The Labute approximate surface area is 125 Å². The van der Waals surface area contributed by atoms with Crippen LogP contribution in [0.25, 0.3) is 0 Å². The smallest absolute Gasteiger partial charge is 0.227 e. The van der Waals surface area contributed by atoms with E-state index >= 15 is 0 Å². The fraction of sp³-hybridized carbons (Fsp3) is 0.562. The van der Waals surface area contributed by atoms with Crippen LogP contribution >= 0.6 is 0 Å². The molecule has 0 radical (unpaired) electrons. The summed E-state index contributed by atoms with van der Waals surface area (Å²) < 4.78 is 10.5. The number of benzene rings is 1. The van der Waals surface area contributed by atoms with Crippen molar-refractivity contribution < 1.29 is 14.3 Å². The van der Waals surface area contributed by atoms with Gasteiger partial charge in [-0.05, 0) is 29.5 Å². The summed E-state index contributed by atoms with van der Waals surface area (Å²) in [7, 11) is 3.22. The maximum Gasteiger partial charge on any atom is 0.227 e. The van der Waals surface area contributed by atoms with Crippen molar-refractivity contribution in [3.8, 4) is 11.5 Å². The Morgan fingerprint density at radius 1 is 1.19 bits per heavy atom. The fourth-order valence-electron chi connectivity index (χ4n) is 3.34. The summed E-state index contributed by atoms with van der Waals surface area (Å²) in [6.45, 7) is 3.88. The van der Waals surface area contributed by atoms with Gasteiger partial charge in [0.1, 0.15) is 0 Å². The number of methoxy groups -OCH3 is 2. The number of fused-ring (bicyclic) bond motifs is 1. The zero-order chi connectivity index (χ0) is 14.8. The lowest BCUT2D eigenvalue weighted by molar-refractivity contribution is -0.129. The second-order valence-electron chi connectivity index (χ2n) is 5.84. The molecular weight excluding hydrogens is 268 g/mol. The average molecular weight is 290 g/mol. The first-order valence-corrected chi connectivity index (χ1v) is 7.40. The topological polar surface area (TPSA) is 50.8 Å². The number of nitrogens with zero attached hydrogens (tertiary/aromatic N) is 1. The van der Waals surface area contributed by atoms with Crippen molar-refractivity contribution in [2.24, 2.45) is 11.8 Å². The molecule has 0 bridgehead atoms. The second-order valence-corrected chi connectivity index (χ2v) is 5.84. The Kier molecular flexibility index (Phi) is 4.01. The van der Waals surface area contributed by atoms with Gasteiger partial charge in [-0.3, -0.25) is 4.79 Å². The summed E-state index contributed by atoms with van der Waals surface area (Å²) in [6.07, 6.45) is 0.424. The van der Waals surface area contributed by atoms with E-state index in [1.807, 2.05) is 23.1 Å². The zero-order valence-electron chi connectivity index (χ0n) is 12.6. The van der Waals surface area contributed by atoms with Crippen LogP contribution in [0.2, 0.25) is 0 Å². The average Bonchev–Trinajstić information content (AvgIpc) is 3.08. The van der Waals surface area contributed by atoms with Gasteiger partial charge in [0.05, 0.1) is 20.6 Å². The van der Waals surface area contributed by atoms with E-state index in [0.717, 1.165) is 31.7 Å². The van der Waals surface area contributed by atoms with Crippen LogP contribution in [0.4, 0.5) is 0 Å². The maximum atomic E-state index is 12.4. The van der Waals surface area contributed by atoms with Crippen LogP contribution in [0.15, 0.2) is 18.2 Å². The van der Waals surface area contributed by atoms with E-state index in [2.05, 4.69) is 5.32 Å². The summed E-state index contributed by atoms with van der Waals surface area (Å²) in [5.74, 6) is 2.84. The third-order valence-electron chi connectivity index (χ3n) is 4.55.